The van der Waals surface area contributed by atoms with Crippen LogP contribution in [0, 0.1) is 0 Å². The zero-order valence-electron chi connectivity index (χ0n) is 20.5. The van der Waals surface area contributed by atoms with Gasteiger partial charge in [-0.2, -0.15) is 5.10 Å². The number of carbonyl (C=O) groups excluding carboxylic acids is 4. The SMILES string of the molecule is O=C(N/N=C\c1ccc(OC(=O)c2ccccc2)cc1OC(=O)c1ccccc1)C(=O)Nc1ccc(Cl)c(Cl)c1. The minimum atomic E-state index is -1.07. The van der Waals surface area contributed by atoms with E-state index in [2.05, 4.69) is 15.8 Å². The van der Waals surface area contributed by atoms with E-state index >= 15 is 0 Å². The van der Waals surface area contributed by atoms with E-state index in [1.165, 1.54) is 42.6 Å². The Morgan fingerprint density at radius 3 is 1.93 bits per heavy atom. The number of hydrazone groups is 1. The van der Waals surface area contributed by atoms with E-state index in [1.807, 2.05) is 0 Å². The summed E-state index contributed by atoms with van der Waals surface area (Å²) in [6, 6.07) is 25.2. The molecular weight excluding hydrogens is 557 g/mol. The molecule has 0 bridgehead atoms. The van der Waals surface area contributed by atoms with E-state index in [4.69, 9.17) is 32.7 Å². The van der Waals surface area contributed by atoms with Crippen molar-refractivity contribution in [1.29, 1.82) is 0 Å². The number of amides is 2. The van der Waals surface area contributed by atoms with Gasteiger partial charge in [0.25, 0.3) is 0 Å². The van der Waals surface area contributed by atoms with E-state index in [9.17, 15) is 19.2 Å². The van der Waals surface area contributed by atoms with E-state index in [0.717, 1.165) is 0 Å². The molecule has 9 nitrogen and oxygen atoms in total. The summed E-state index contributed by atoms with van der Waals surface area (Å²) in [5.74, 6) is -3.26. The largest absolute Gasteiger partial charge is 0.423 e. The number of benzene rings is 4. The lowest BCUT2D eigenvalue weighted by Crippen LogP contribution is -2.32. The lowest BCUT2D eigenvalue weighted by atomic mass is 10.2. The molecule has 4 aromatic carbocycles. The molecule has 0 aromatic heterocycles. The van der Waals surface area contributed by atoms with Gasteiger partial charge in [0.15, 0.2) is 0 Å². The second-order valence-electron chi connectivity index (χ2n) is 7.99. The van der Waals surface area contributed by atoms with Crippen LogP contribution in [0.15, 0.2) is 102 Å². The number of nitrogens with one attached hydrogen (secondary N) is 2. The molecule has 0 spiro atoms. The highest BCUT2D eigenvalue weighted by atomic mass is 35.5. The molecule has 2 amide bonds. The molecule has 0 saturated carbocycles. The first-order chi connectivity index (χ1) is 19.3. The fourth-order valence-corrected chi connectivity index (χ4v) is 3.52. The minimum absolute atomic E-state index is 0.00882. The Kier molecular flexibility index (Phi) is 9.24. The average molecular weight is 576 g/mol. The van der Waals surface area contributed by atoms with Crippen molar-refractivity contribution in [2.24, 2.45) is 5.10 Å². The highest BCUT2D eigenvalue weighted by molar-refractivity contribution is 6.43. The van der Waals surface area contributed by atoms with Crippen LogP contribution in [0.3, 0.4) is 0 Å². The smallest absolute Gasteiger partial charge is 0.343 e. The van der Waals surface area contributed by atoms with E-state index in [0.29, 0.717) is 10.6 Å². The summed E-state index contributed by atoms with van der Waals surface area (Å²) in [4.78, 5) is 49.6. The fraction of sp³-hybridized carbons (Fsp3) is 0. The summed E-state index contributed by atoms with van der Waals surface area (Å²) in [6.45, 7) is 0. The molecule has 0 saturated heterocycles. The highest BCUT2D eigenvalue weighted by Crippen LogP contribution is 2.26. The van der Waals surface area contributed by atoms with Crippen molar-refractivity contribution < 1.29 is 28.7 Å². The number of halogens is 2. The first-order valence-electron chi connectivity index (χ1n) is 11.6. The molecule has 2 N–H and O–H groups in total. The monoisotopic (exact) mass is 575 g/mol. The van der Waals surface area contributed by atoms with Gasteiger partial charge in [0.05, 0.1) is 27.4 Å². The van der Waals surface area contributed by atoms with Crippen molar-refractivity contribution in [2.75, 3.05) is 5.32 Å². The summed E-state index contributed by atoms with van der Waals surface area (Å²) in [6.07, 6.45) is 1.17. The molecule has 4 rings (SSSR count). The summed E-state index contributed by atoms with van der Waals surface area (Å²) < 4.78 is 10.9. The average Bonchev–Trinajstić information content (AvgIpc) is 2.96. The lowest BCUT2D eigenvalue weighted by Gasteiger charge is -2.10. The summed E-state index contributed by atoms with van der Waals surface area (Å²) in [5, 5.41) is 6.64. The Balaban J connectivity index is 1.49. The third kappa shape index (κ3) is 7.53. The maximum absolute atomic E-state index is 12.7. The predicted octanol–water partition coefficient (Wildman–Crippen LogP) is 5.52. The maximum Gasteiger partial charge on any atom is 0.343 e. The Morgan fingerprint density at radius 2 is 1.30 bits per heavy atom. The molecule has 0 fully saturated rings. The Bertz CT molecular complexity index is 1590. The van der Waals surface area contributed by atoms with E-state index in [-0.39, 0.29) is 33.3 Å². The molecule has 4 aromatic rings. The quantitative estimate of drug-likeness (QED) is 0.0982. The second kappa shape index (κ2) is 13.2. The molecule has 0 heterocycles. The van der Waals surface area contributed by atoms with Crippen LogP contribution < -0.4 is 20.2 Å². The minimum Gasteiger partial charge on any atom is -0.423 e. The number of rotatable bonds is 7. The predicted molar refractivity (Wildman–Crippen MR) is 150 cm³/mol. The van der Waals surface area contributed by atoms with Crippen LogP contribution in [0.2, 0.25) is 10.0 Å². The van der Waals surface area contributed by atoms with Gasteiger partial charge in [-0.15, -0.1) is 0 Å². The number of esters is 2. The fourth-order valence-electron chi connectivity index (χ4n) is 3.22. The van der Waals surface area contributed by atoms with Crippen LogP contribution in [0.25, 0.3) is 0 Å². The molecule has 0 aliphatic heterocycles. The molecular formula is C29H19Cl2N3O6. The third-order valence-electron chi connectivity index (χ3n) is 5.17. The van der Waals surface area contributed by atoms with Crippen molar-refractivity contribution in [3.63, 3.8) is 0 Å². The Labute approximate surface area is 238 Å². The number of anilines is 1. The molecule has 11 heteroatoms. The summed E-state index contributed by atoms with van der Waals surface area (Å²) in [7, 11) is 0. The first kappa shape index (κ1) is 28.0. The highest BCUT2D eigenvalue weighted by Gasteiger charge is 2.16. The Morgan fingerprint density at radius 1 is 0.675 bits per heavy atom. The van der Waals surface area contributed by atoms with E-state index in [1.54, 1.807) is 60.7 Å². The standard InChI is InChI=1S/C29H19Cl2N3O6/c30-23-14-12-21(15-24(23)31)33-26(35)27(36)34-32-17-20-11-13-22(39-28(37)18-7-3-1-4-8-18)16-25(20)40-29(38)19-9-5-2-6-10-19/h1-17H,(H,33,35)(H,34,36)/b32-17-. The number of nitrogens with zero attached hydrogens (tertiary/aromatic N) is 1. The molecule has 200 valence electrons. The molecule has 0 atom stereocenters. The summed E-state index contributed by atoms with van der Waals surface area (Å²) in [5.41, 5.74) is 3.21. The van der Waals surface area contributed by atoms with Crippen LogP contribution in [0.4, 0.5) is 5.69 Å². The molecule has 0 aliphatic carbocycles. The number of carbonyl (C=O) groups is 4. The molecule has 0 unspecified atom stereocenters. The van der Waals surface area contributed by atoms with E-state index < -0.39 is 23.8 Å². The van der Waals surface area contributed by atoms with Gasteiger partial charge < -0.3 is 14.8 Å². The van der Waals surface area contributed by atoms with Crippen LogP contribution in [0.5, 0.6) is 11.5 Å². The second-order valence-corrected chi connectivity index (χ2v) is 8.81. The third-order valence-corrected chi connectivity index (χ3v) is 5.91. The van der Waals surface area contributed by atoms with Crippen molar-refractivity contribution in [2.45, 2.75) is 0 Å². The van der Waals surface area contributed by atoms with Gasteiger partial charge in [-0.3, -0.25) is 9.59 Å². The van der Waals surface area contributed by atoms with Gasteiger partial charge in [-0.05, 0) is 54.6 Å². The van der Waals surface area contributed by atoms with Gasteiger partial charge in [0, 0.05) is 17.3 Å². The first-order valence-corrected chi connectivity index (χ1v) is 12.3. The molecule has 0 aliphatic rings. The lowest BCUT2D eigenvalue weighted by molar-refractivity contribution is -0.136. The van der Waals surface area contributed by atoms with Gasteiger partial charge in [0.1, 0.15) is 11.5 Å². The normalized spacial score (nSPS) is 10.6. The van der Waals surface area contributed by atoms with Gasteiger partial charge in [-0.25, -0.2) is 15.0 Å². The maximum atomic E-state index is 12.7. The molecule has 0 radical (unpaired) electrons. The molecule has 40 heavy (non-hydrogen) atoms. The summed E-state index contributed by atoms with van der Waals surface area (Å²) >= 11 is 11.8. The van der Waals surface area contributed by atoms with Crippen molar-refractivity contribution in [3.05, 3.63) is 124 Å². The van der Waals surface area contributed by atoms with Crippen LogP contribution in [-0.2, 0) is 9.59 Å². The number of hydrogen-bond donors (Lipinski definition) is 2. The zero-order chi connectivity index (χ0) is 28.5. The van der Waals surface area contributed by atoms with Gasteiger partial charge in [0.2, 0.25) is 0 Å². The van der Waals surface area contributed by atoms with Crippen molar-refractivity contribution >= 4 is 58.9 Å². The van der Waals surface area contributed by atoms with Gasteiger partial charge in [-0.1, -0.05) is 59.6 Å². The van der Waals surface area contributed by atoms with Gasteiger partial charge >= 0.3 is 23.8 Å². The Hall–Kier alpha value is -4.99. The van der Waals surface area contributed by atoms with Crippen LogP contribution >= 0.6 is 23.2 Å². The zero-order valence-corrected chi connectivity index (χ0v) is 22.0. The van der Waals surface area contributed by atoms with Crippen LogP contribution in [-0.4, -0.2) is 30.0 Å². The topological polar surface area (TPSA) is 123 Å². The van der Waals surface area contributed by atoms with Crippen molar-refractivity contribution in [1.82, 2.24) is 5.43 Å². The number of ether oxygens (including phenoxy) is 2. The van der Waals surface area contributed by atoms with Crippen LogP contribution in [0.1, 0.15) is 26.3 Å². The number of hydrogen-bond acceptors (Lipinski definition) is 7. The van der Waals surface area contributed by atoms with Crippen molar-refractivity contribution in [3.8, 4) is 11.5 Å².